The van der Waals surface area contributed by atoms with Crippen molar-refractivity contribution in [3.8, 4) is 22.9 Å². The van der Waals surface area contributed by atoms with Crippen molar-refractivity contribution in [2.75, 3.05) is 6.61 Å². The summed E-state index contributed by atoms with van der Waals surface area (Å²) in [5.74, 6) is 0.290. The molecule has 0 saturated carbocycles. The molecule has 0 N–H and O–H groups in total. The van der Waals surface area contributed by atoms with Gasteiger partial charge in [-0.2, -0.15) is 13.2 Å². The lowest BCUT2D eigenvalue weighted by molar-refractivity contribution is -0.389. The second-order valence-electron chi connectivity index (χ2n) is 7.21. The quantitative estimate of drug-likeness (QED) is 0.442. The number of fused-ring (bicyclic) bond motifs is 1. The Morgan fingerprint density at radius 1 is 1.17 bits per heavy atom. The van der Waals surface area contributed by atoms with Crippen LogP contribution in [0.1, 0.15) is 12.5 Å². The normalized spacial score (nSPS) is 18.0. The summed E-state index contributed by atoms with van der Waals surface area (Å²) in [6.07, 6.45) is -3.05. The third-order valence-corrected chi connectivity index (χ3v) is 4.70. The molecule has 0 radical (unpaired) electrons. The van der Waals surface area contributed by atoms with Crippen molar-refractivity contribution >= 4 is 5.82 Å². The lowest BCUT2D eigenvalue weighted by Gasteiger charge is -2.22. The average molecular weight is 419 g/mol. The van der Waals surface area contributed by atoms with Gasteiger partial charge in [0.05, 0.1) is 12.1 Å². The predicted molar refractivity (Wildman–Crippen MR) is 100 cm³/mol. The molecule has 0 saturated heterocycles. The smallest absolute Gasteiger partial charge is 0.416 e. The number of nitrogens with zero attached hydrogens (tertiary/aromatic N) is 3. The topological polar surface area (TPSA) is 79.4 Å². The second-order valence-corrected chi connectivity index (χ2v) is 7.21. The molecule has 156 valence electrons. The van der Waals surface area contributed by atoms with Crippen LogP contribution in [0.2, 0.25) is 0 Å². The monoisotopic (exact) mass is 419 g/mol. The van der Waals surface area contributed by atoms with Crippen LogP contribution in [0.25, 0.3) is 11.1 Å². The van der Waals surface area contributed by atoms with Crippen molar-refractivity contribution in [2.45, 2.75) is 25.2 Å². The van der Waals surface area contributed by atoms with E-state index in [0.29, 0.717) is 17.9 Å². The van der Waals surface area contributed by atoms with Crippen LogP contribution in [-0.2, 0) is 12.7 Å². The van der Waals surface area contributed by atoms with Crippen LogP contribution in [0.15, 0.2) is 54.7 Å². The highest BCUT2D eigenvalue weighted by Gasteiger charge is 2.41. The van der Waals surface area contributed by atoms with E-state index in [9.17, 15) is 23.3 Å². The molecule has 4 rings (SSSR count). The van der Waals surface area contributed by atoms with E-state index >= 15 is 0 Å². The zero-order chi connectivity index (χ0) is 21.5. The highest BCUT2D eigenvalue weighted by molar-refractivity contribution is 5.64. The number of nitro groups is 1. The minimum atomic E-state index is -4.37. The van der Waals surface area contributed by atoms with Crippen LogP contribution in [0.4, 0.5) is 19.0 Å². The molecule has 1 aliphatic rings. The van der Waals surface area contributed by atoms with Gasteiger partial charge in [0, 0.05) is 4.98 Å². The Kier molecular flexibility index (Phi) is 4.64. The summed E-state index contributed by atoms with van der Waals surface area (Å²) in [5.41, 5.74) is -0.00961. The van der Waals surface area contributed by atoms with Crippen molar-refractivity contribution in [1.29, 1.82) is 0 Å². The van der Waals surface area contributed by atoms with E-state index in [1.807, 2.05) is 6.92 Å². The zero-order valence-corrected chi connectivity index (χ0v) is 15.7. The van der Waals surface area contributed by atoms with Gasteiger partial charge < -0.3 is 19.6 Å². The molecule has 0 fully saturated rings. The first kappa shape index (κ1) is 19.7. The van der Waals surface area contributed by atoms with E-state index < -0.39 is 22.3 Å². The molecule has 1 aliphatic heterocycles. The molecule has 10 heteroatoms. The second kappa shape index (κ2) is 7.05. The fourth-order valence-corrected chi connectivity index (χ4v) is 3.19. The van der Waals surface area contributed by atoms with E-state index in [4.69, 9.17) is 9.47 Å². The number of aromatic nitrogens is 2. The van der Waals surface area contributed by atoms with Gasteiger partial charge in [-0.25, -0.2) is 0 Å². The Balaban J connectivity index is 1.38. The molecule has 1 unspecified atom stereocenters. The van der Waals surface area contributed by atoms with Gasteiger partial charge in [-0.3, -0.25) is 4.57 Å². The Morgan fingerprint density at radius 3 is 2.30 bits per heavy atom. The number of benzene rings is 2. The molecule has 2 aromatic carbocycles. The first-order chi connectivity index (χ1) is 14.1. The molecular formula is C20H16F3N3O4. The van der Waals surface area contributed by atoms with Crippen LogP contribution >= 0.6 is 0 Å². The molecular weight excluding hydrogens is 403 g/mol. The van der Waals surface area contributed by atoms with E-state index in [1.165, 1.54) is 18.3 Å². The van der Waals surface area contributed by atoms with Crippen molar-refractivity contribution in [3.63, 3.8) is 0 Å². The van der Waals surface area contributed by atoms with Gasteiger partial charge in [0.15, 0.2) is 5.60 Å². The zero-order valence-electron chi connectivity index (χ0n) is 15.7. The van der Waals surface area contributed by atoms with Gasteiger partial charge >= 0.3 is 18.0 Å². The molecule has 0 spiro atoms. The number of hydrogen-bond acceptors (Lipinski definition) is 5. The number of ether oxygens (including phenoxy) is 2. The number of imidazole rings is 1. The van der Waals surface area contributed by atoms with Crippen LogP contribution in [0.5, 0.6) is 11.8 Å². The molecule has 0 aliphatic carbocycles. The standard InChI is InChI=1S/C20H16F3N3O4/c1-19(11-25-10-17(26(27)28)24-18(25)30-19)12-29-16-8-4-14(5-9-16)13-2-6-15(7-3-13)20(21,22)23/h2-10H,11-12H2,1H3. The first-order valence-corrected chi connectivity index (χ1v) is 8.94. The summed E-state index contributed by atoms with van der Waals surface area (Å²) < 4.78 is 51.1. The van der Waals surface area contributed by atoms with Crippen molar-refractivity contribution in [1.82, 2.24) is 9.55 Å². The van der Waals surface area contributed by atoms with Gasteiger partial charge in [-0.05, 0) is 47.2 Å². The van der Waals surface area contributed by atoms with Crippen molar-refractivity contribution in [3.05, 3.63) is 70.4 Å². The molecule has 1 atom stereocenters. The van der Waals surface area contributed by atoms with E-state index in [2.05, 4.69) is 4.98 Å². The largest absolute Gasteiger partial charge is 0.489 e. The van der Waals surface area contributed by atoms with Gasteiger partial charge in [-0.1, -0.05) is 24.3 Å². The SMILES string of the molecule is CC1(COc2ccc(-c3ccc(C(F)(F)F)cc3)cc2)Cn2cc([N+](=O)[O-])nc2O1. The van der Waals surface area contributed by atoms with E-state index in [-0.39, 0.29) is 18.4 Å². The predicted octanol–water partition coefficient (Wildman–Crippen LogP) is 4.71. The Labute approximate surface area is 168 Å². The molecule has 7 nitrogen and oxygen atoms in total. The molecule has 0 bridgehead atoms. The van der Waals surface area contributed by atoms with Gasteiger partial charge in [-0.15, -0.1) is 0 Å². The summed E-state index contributed by atoms with van der Waals surface area (Å²) in [6.45, 7) is 2.35. The number of hydrogen-bond donors (Lipinski definition) is 0. The molecule has 2 heterocycles. The first-order valence-electron chi connectivity index (χ1n) is 8.94. The average Bonchev–Trinajstić information content (AvgIpc) is 3.22. The third kappa shape index (κ3) is 3.93. The molecule has 3 aromatic rings. The van der Waals surface area contributed by atoms with Crippen LogP contribution in [-0.4, -0.2) is 26.7 Å². The summed E-state index contributed by atoms with van der Waals surface area (Å²) >= 11 is 0. The van der Waals surface area contributed by atoms with E-state index in [1.54, 1.807) is 28.8 Å². The summed E-state index contributed by atoms with van der Waals surface area (Å²) in [6, 6.07) is 12.1. The fraction of sp³-hybridized carbons (Fsp3) is 0.250. The van der Waals surface area contributed by atoms with Gasteiger partial charge in [0.2, 0.25) is 0 Å². The number of rotatable bonds is 5. The summed E-state index contributed by atoms with van der Waals surface area (Å²) in [4.78, 5) is 14.0. The molecule has 30 heavy (non-hydrogen) atoms. The van der Waals surface area contributed by atoms with Crippen LogP contribution in [0, 0.1) is 10.1 Å². The van der Waals surface area contributed by atoms with Crippen LogP contribution in [0.3, 0.4) is 0 Å². The maximum absolute atomic E-state index is 12.7. The molecule has 1 aromatic heterocycles. The van der Waals surface area contributed by atoms with Gasteiger partial charge in [0.1, 0.15) is 18.6 Å². The number of halogens is 3. The Hall–Kier alpha value is -3.56. The maximum atomic E-state index is 12.7. The molecule has 0 amide bonds. The van der Waals surface area contributed by atoms with E-state index in [0.717, 1.165) is 17.7 Å². The highest BCUT2D eigenvalue weighted by atomic mass is 19.4. The maximum Gasteiger partial charge on any atom is 0.416 e. The third-order valence-electron chi connectivity index (χ3n) is 4.70. The summed E-state index contributed by atoms with van der Waals surface area (Å²) in [5, 5.41) is 10.8. The lowest BCUT2D eigenvalue weighted by atomic mass is 10.0. The van der Waals surface area contributed by atoms with Crippen molar-refractivity contribution < 1.29 is 27.6 Å². The lowest BCUT2D eigenvalue weighted by Crippen LogP contribution is -2.38. The minimum absolute atomic E-state index is 0.172. The Morgan fingerprint density at radius 2 is 1.77 bits per heavy atom. The Bertz CT molecular complexity index is 1050. The minimum Gasteiger partial charge on any atom is -0.489 e. The number of alkyl halides is 3. The summed E-state index contributed by atoms with van der Waals surface area (Å²) in [7, 11) is 0. The van der Waals surface area contributed by atoms with Crippen LogP contribution < -0.4 is 9.47 Å². The van der Waals surface area contributed by atoms with Crippen molar-refractivity contribution in [2.24, 2.45) is 0 Å². The highest BCUT2D eigenvalue weighted by Crippen LogP contribution is 2.33. The fourth-order valence-electron chi connectivity index (χ4n) is 3.19. The van der Waals surface area contributed by atoms with Gasteiger partial charge in [0.25, 0.3) is 0 Å².